The first kappa shape index (κ1) is 15.2. The van der Waals surface area contributed by atoms with Gasteiger partial charge in [-0.05, 0) is 36.6 Å². The maximum atomic E-state index is 12.2. The highest BCUT2D eigenvalue weighted by molar-refractivity contribution is 9.10. The van der Waals surface area contributed by atoms with Crippen molar-refractivity contribution in [2.24, 2.45) is 5.92 Å². The maximum absolute atomic E-state index is 12.2. The van der Waals surface area contributed by atoms with E-state index in [0.29, 0.717) is 18.1 Å². The van der Waals surface area contributed by atoms with Crippen LogP contribution in [0.1, 0.15) is 29.8 Å². The second-order valence-corrected chi connectivity index (χ2v) is 5.71. The Bertz CT molecular complexity index is 398. The Morgan fingerprint density at radius 2 is 2.06 bits per heavy atom. The van der Waals surface area contributed by atoms with Crippen molar-refractivity contribution in [3.8, 4) is 0 Å². The lowest BCUT2D eigenvalue weighted by Gasteiger charge is -2.21. The van der Waals surface area contributed by atoms with Gasteiger partial charge in [0.25, 0.3) is 5.91 Å². The minimum Gasteiger partial charge on any atom is -0.383 e. The summed E-state index contributed by atoms with van der Waals surface area (Å²) in [5, 5.41) is 3.00. The van der Waals surface area contributed by atoms with Gasteiger partial charge >= 0.3 is 0 Å². The fraction of sp³-hybridized carbons (Fsp3) is 0.500. The summed E-state index contributed by atoms with van der Waals surface area (Å²) in [5.41, 5.74) is 1.73. The van der Waals surface area contributed by atoms with Crippen LogP contribution in [-0.4, -0.2) is 25.7 Å². The van der Waals surface area contributed by atoms with Gasteiger partial charge in [-0.3, -0.25) is 4.79 Å². The average Bonchev–Trinajstić information content (AvgIpc) is 2.26. The molecule has 0 aromatic heterocycles. The van der Waals surface area contributed by atoms with Gasteiger partial charge < -0.3 is 10.1 Å². The molecule has 1 aromatic rings. The number of amides is 1. The van der Waals surface area contributed by atoms with E-state index in [4.69, 9.17) is 4.74 Å². The number of halogens is 1. The minimum atomic E-state index is -0.0600. The third kappa shape index (κ3) is 4.42. The van der Waals surface area contributed by atoms with Crippen molar-refractivity contribution in [2.75, 3.05) is 13.7 Å². The van der Waals surface area contributed by atoms with E-state index in [1.165, 1.54) is 0 Å². The highest BCUT2D eigenvalue weighted by atomic mass is 79.9. The molecule has 0 bridgehead atoms. The largest absolute Gasteiger partial charge is 0.383 e. The van der Waals surface area contributed by atoms with E-state index in [-0.39, 0.29) is 11.9 Å². The quantitative estimate of drug-likeness (QED) is 0.906. The van der Waals surface area contributed by atoms with Crippen LogP contribution < -0.4 is 5.32 Å². The van der Waals surface area contributed by atoms with Gasteiger partial charge in [0, 0.05) is 17.1 Å². The van der Waals surface area contributed by atoms with Crippen LogP contribution in [0.3, 0.4) is 0 Å². The van der Waals surface area contributed by atoms with Gasteiger partial charge in [0.15, 0.2) is 0 Å². The smallest absolute Gasteiger partial charge is 0.251 e. The van der Waals surface area contributed by atoms with Crippen molar-refractivity contribution in [1.82, 2.24) is 5.32 Å². The van der Waals surface area contributed by atoms with E-state index >= 15 is 0 Å². The Morgan fingerprint density at radius 1 is 1.39 bits per heavy atom. The van der Waals surface area contributed by atoms with Crippen molar-refractivity contribution in [2.45, 2.75) is 26.8 Å². The van der Waals surface area contributed by atoms with Gasteiger partial charge in [0.05, 0.1) is 12.6 Å². The molecular weight excluding hydrogens is 294 g/mol. The van der Waals surface area contributed by atoms with Crippen molar-refractivity contribution < 1.29 is 9.53 Å². The molecule has 18 heavy (non-hydrogen) atoms. The van der Waals surface area contributed by atoms with Gasteiger partial charge in [-0.2, -0.15) is 0 Å². The molecule has 1 rings (SSSR count). The number of rotatable bonds is 5. The highest BCUT2D eigenvalue weighted by Gasteiger charge is 2.17. The normalized spacial score (nSPS) is 12.6. The molecular formula is C14H20BrNO2. The molecule has 4 heteroatoms. The predicted octanol–water partition coefficient (Wildman–Crippen LogP) is 3.16. The first-order valence-corrected chi connectivity index (χ1v) is 6.80. The molecule has 0 saturated carbocycles. The minimum absolute atomic E-state index is 0.0294. The molecule has 0 aliphatic heterocycles. The van der Waals surface area contributed by atoms with E-state index in [1.807, 2.05) is 25.1 Å². The molecule has 1 amide bonds. The van der Waals surface area contributed by atoms with Crippen LogP contribution in [0, 0.1) is 12.8 Å². The fourth-order valence-electron chi connectivity index (χ4n) is 1.70. The van der Waals surface area contributed by atoms with Crippen molar-refractivity contribution in [3.63, 3.8) is 0 Å². The molecule has 0 heterocycles. The zero-order valence-electron chi connectivity index (χ0n) is 11.3. The molecule has 100 valence electrons. The molecule has 1 aromatic carbocycles. The molecule has 0 saturated heterocycles. The van der Waals surface area contributed by atoms with Crippen LogP contribution in [0.4, 0.5) is 0 Å². The second kappa shape index (κ2) is 6.90. The third-order valence-electron chi connectivity index (χ3n) is 2.77. The Morgan fingerprint density at radius 3 is 2.56 bits per heavy atom. The van der Waals surface area contributed by atoms with Crippen LogP contribution in [0.2, 0.25) is 0 Å². The summed E-state index contributed by atoms with van der Waals surface area (Å²) in [6.07, 6.45) is 0. The first-order chi connectivity index (χ1) is 8.43. The summed E-state index contributed by atoms with van der Waals surface area (Å²) in [5.74, 6) is 0.275. The molecule has 0 fully saturated rings. The molecule has 0 spiro atoms. The number of hydrogen-bond acceptors (Lipinski definition) is 2. The van der Waals surface area contributed by atoms with Gasteiger partial charge in [-0.15, -0.1) is 0 Å². The van der Waals surface area contributed by atoms with Crippen LogP contribution in [0.25, 0.3) is 0 Å². The molecule has 1 atom stereocenters. The number of methoxy groups -OCH3 is 1. The van der Waals surface area contributed by atoms with Crippen molar-refractivity contribution in [3.05, 3.63) is 33.8 Å². The summed E-state index contributed by atoms with van der Waals surface area (Å²) in [6.45, 7) is 6.62. The van der Waals surface area contributed by atoms with Crippen LogP contribution in [-0.2, 0) is 4.74 Å². The van der Waals surface area contributed by atoms with E-state index < -0.39 is 0 Å². The van der Waals surface area contributed by atoms with E-state index in [9.17, 15) is 4.79 Å². The van der Waals surface area contributed by atoms with E-state index in [0.717, 1.165) is 10.0 Å². The average molecular weight is 314 g/mol. The van der Waals surface area contributed by atoms with Crippen molar-refractivity contribution in [1.29, 1.82) is 0 Å². The summed E-state index contributed by atoms with van der Waals surface area (Å²) < 4.78 is 6.04. The predicted molar refractivity (Wildman–Crippen MR) is 76.8 cm³/mol. The number of carbonyl (C=O) groups is 1. The van der Waals surface area contributed by atoms with Gasteiger partial charge in [-0.1, -0.05) is 29.8 Å². The number of ether oxygens (including phenoxy) is 1. The Kier molecular flexibility index (Phi) is 5.82. The lowest BCUT2D eigenvalue weighted by Crippen LogP contribution is -2.41. The molecule has 3 nitrogen and oxygen atoms in total. The van der Waals surface area contributed by atoms with Crippen LogP contribution >= 0.6 is 15.9 Å². The third-order valence-corrected chi connectivity index (χ3v) is 3.23. The van der Waals surface area contributed by atoms with Crippen LogP contribution in [0.15, 0.2) is 22.7 Å². The Balaban J connectivity index is 2.80. The monoisotopic (exact) mass is 313 g/mol. The molecule has 0 radical (unpaired) electrons. The lowest BCUT2D eigenvalue weighted by atomic mass is 10.0. The van der Waals surface area contributed by atoms with E-state index in [2.05, 4.69) is 35.1 Å². The zero-order valence-corrected chi connectivity index (χ0v) is 12.9. The number of benzene rings is 1. The number of carbonyl (C=O) groups excluding carboxylic acids is 1. The Labute approximate surface area is 117 Å². The zero-order chi connectivity index (χ0) is 13.7. The SMILES string of the molecule is COCC(NC(=O)c1cc(C)cc(Br)c1)C(C)C. The van der Waals surface area contributed by atoms with E-state index in [1.54, 1.807) is 7.11 Å². The van der Waals surface area contributed by atoms with Crippen molar-refractivity contribution >= 4 is 21.8 Å². The van der Waals surface area contributed by atoms with Gasteiger partial charge in [0.2, 0.25) is 0 Å². The summed E-state index contributed by atoms with van der Waals surface area (Å²) in [6, 6.07) is 5.71. The molecule has 1 unspecified atom stereocenters. The molecule has 0 aliphatic carbocycles. The van der Waals surface area contributed by atoms with Gasteiger partial charge in [-0.25, -0.2) is 0 Å². The standard InChI is InChI=1S/C14H20BrNO2/c1-9(2)13(8-18-4)16-14(17)11-5-10(3)6-12(15)7-11/h5-7,9,13H,8H2,1-4H3,(H,16,17). The highest BCUT2D eigenvalue weighted by Crippen LogP contribution is 2.15. The summed E-state index contributed by atoms with van der Waals surface area (Å²) in [7, 11) is 1.64. The molecule has 0 aliphatic rings. The number of aryl methyl sites for hydroxylation is 1. The summed E-state index contributed by atoms with van der Waals surface area (Å²) >= 11 is 3.40. The van der Waals surface area contributed by atoms with Crippen LogP contribution in [0.5, 0.6) is 0 Å². The summed E-state index contributed by atoms with van der Waals surface area (Å²) in [4.78, 5) is 12.2. The second-order valence-electron chi connectivity index (χ2n) is 4.80. The lowest BCUT2D eigenvalue weighted by molar-refractivity contribution is 0.0866. The van der Waals surface area contributed by atoms with Gasteiger partial charge in [0.1, 0.15) is 0 Å². The number of hydrogen-bond donors (Lipinski definition) is 1. The Hall–Kier alpha value is -0.870. The molecule has 1 N–H and O–H groups in total. The fourth-order valence-corrected chi connectivity index (χ4v) is 2.31. The first-order valence-electron chi connectivity index (χ1n) is 6.01. The maximum Gasteiger partial charge on any atom is 0.251 e. The number of nitrogens with one attached hydrogen (secondary N) is 1. The topological polar surface area (TPSA) is 38.3 Å².